The summed E-state index contributed by atoms with van der Waals surface area (Å²) in [5.74, 6) is 0. The van der Waals surface area contributed by atoms with Crippen LogP contribution in [0.4, 0.5) is 0 Å². The molecule has 0 aromatic heterocycles. The molecular weight excluding hydrogens is 142 g/mol. The Morgan fingerprint density at radius 2 is 2.25 bits per heavy atom. The van der Waals surface area contributed by atoms with Crippen LogP contribution in [0.25, 0.3) is 0 Å². The fourth-order valence-corrected chi connectivity index (χ4v) is 0.271. The van der Waals surface area contributed by atoms with E-state index in [2.05, 4.69) is 4.29 Å². The second-order valence-corrected chi connectivity index (χ2v) is 1.33. The van der Waals surface area contributed by atoms with Crippen LogP contribution in [-0.2, 0) is 4.29 Å². The molecule has 0 heterocycles. The van der Waals surface area contributed by atoms with Crippen molar-refractivity contribution in [2.24, 2.45) is 0 Å². The van der Waals surface area contributed by atoms with Crippen molar-refractivity contribution >= 4 is 11.9 Å². The minimum Gasteiger partial charge on any atom is -1.00 e. The van der Waals surface area contributed by atoms with Crippen molar-refractivity contribution in [1.29, 1.82) is 0 Å². The molecule has 0 saturated heterocycles. The standard InChI is InChI=1S/C3H7ClO3.Na.H/c4-7-2-3(6)1-5;;/h3,5-6H,1-2H2;;/q;+1;-1. The summed E-state index contributed by atoms with van der Waals surface area (Å²) < 4.78 is 3.96. The summed E-state index contributed by atoms with van der Waals surface area (Å²) >= 11 is 4.70. The average Bonchev–Trinajstić information content (AvgIpc) is 1.68. The number of hydrogen-bond donors (Lipinski definition) is 2. The zero-order valence-electron chi connectivity index (χ0n) is 5.67. The number of aliphatic hydroxyl groups is 2. The van der Waals surface area contributed by atoms with E-state index in [1.807, 2.05) is 0 Å². The van der Waals surface area contributed by atoms with E-state index < -0.39 is 6.10 Å². The van der Waals surface area contributed by atoms with Gasteiger partial charge in [-0.15, -0.1) is 0 Å². The molecular formula is C3H8ClNaO3. The molecule has 0 rings (SSSR count). The van der Waals surface area contributed by atoms with Crippen LogP contribution in [0.1, 0.15) is 1.43 Å². The van der Waals surface area contributed by atoms with Crippen molar-refractivity contribution in [2.75, 3.05) is 13.2 Å². The van der Waals surface area contributed by atoms with Gasteiger partial charge in [0, 0.05) is 0 Å². The zero-order valence-corrected chi connectivity index (χ0v) is 7.43. The molecule has 2 N–H and O–H groups in total. The van der Waals surface area contributed by atoms with Gasteiger partial charge in [-0.25, -0.2) is 0 Å². The summed E-state index contributed by atoms with van der Waals surface area (Å²) in [7, 11) is 0. The molecule has 0 radical (unpaired) electrons. The Morgan fingerprint density at radius 3 is 2.38 bits per heavy atom. The first-order valence-corrected chi connectivity index (χ1v) is 2.14. The molecule has 0 spiro atoms. The first-order chi connectivity index (χ1) is 3.31. The molecule has 0 aromatic carbocycles. The molecule has 8 heavy (non-hydrogen) atoms. The Balaban J connectivity index is -0.000000180. The Kier molecular flexibility index (Phi) is 12.2. The molecule has 0 aliphatic heterocycles. The Morgan fingerprint density at radius 1 is 1.75 bits per heavy atom. The summed E-state index contributed by atoms with van der Waals surface area (Å²) in [6, 6.07) is 0. The SMILES string of the molecule is OCC(O)COCl.[H-].[Na+]. The van der Waals surface area contributed by atoms with Gasteiger partial charge in [0.1, 0.15) is 6.10 Å². The molecule has 0 fully saturated rings. The molecule has 0 aliphatic rings. The summed E-state index contributed by atoms with van der Waals surface area (Å²) in [5.41, 5.74) is 0. The van der Waals surface area contributed by atoms with E-state index in [0.717, 1.165) is 0 Å². The third-order valence-electron chi connectivity index (χ3n) is 0.466. The Hall–Kier alpha value is 1.17. The fourth-order valence-electron chi connectivity index (χ4n) is 0.125. The third-order valence-corrected chi connectivity index (χ3v) is 0.592. The number of halogens is 1. The van der Waals surface area contributed by atoms with Crippen molar-refractivity contribution in [3.63, 3.8) is 0 Å². The van der Waals surface area contributed by atoms with E-state index in [1.165, 1.54) is 0 Å². The predicted molar refractivity (Wildman–Crippen MR) is 26.0 cm³/mol. The summed E-state index contributed by atoms with van der Waals surface area (Å²) in [5, 5.41) is 16.5. The van der Waals surface area contributed by atoms with Crippen LogP contribution >= 0.6 is 11.9 Å². The molecule has 5 heteroatoms. The average molecular weight is 151 g/mol. The molecule has 1 unspecified atom stereocenters. The largest absolute Gasteiger partial charge is 1.00 e. The normalized spacial score (nSPS) is 12.4. The van der Waals surface area contributed by atoms with Crippen molar-refractivity contribution in [3.8, 4) is 0 Å². The van der Waals surface area contributed by atoms with E-state index in [0.29, 0.717) is 0 Å². The molecule has 3 nitrogen and oxygen atoms in total. The van der Waals surface area contributed by atoms with Crippen molar-refractivity contribution in [2.45, 2.75) is 6.10 Å². The van der Waals surface area contributed by atoms with Crippen molar-refractivity contribution in [3.05, 3.63) is 0 Å². The van der Waals surface area contributed by atoms with Gasteiger partial charge in [-0.2, -0.15) is 0 Å². The molecule has 46 valence electrons. The fraction of sp³-hybridized carbons (Fsp3) is 1.00. The smallest absolute Gasteiger partial charge is 1.00 e. The van der Waals surface area contributed by atoms with E-state index in [9.17, 15) is 0 Å². The molecule has 1 atom stereocenters. The van der Waals surface area contributed by atoms with Crippen LogP contribution in [0.3, 0.4) is 0 Å². The Labute approximate surface area is 76.5 Å². The van der Waals surface area contributed by atoms with Gasteiger partial charge >= 0.3 is 29.6 Å². The molecule has 0 saturated carbocycles. The summed E-state index contributed by atoms with van der Waals surface area (Å²) in [6.07, 6.45) is -0.850. The van der Waals surface area contributed by atoms with Crippen LogP contribution in [-0.4, -0.2) is 29.5 Å². The van der Waals surface area contributed by atoms with Crippen LogP contribution in [0.2, 0.25) is 0 Å². The first kappa shape index (κ1) is 11.9. The third kappa shape index (κ3) is 7.17. The van der Waals surface area contributed by atoms with E-state index in [-0.39, 0.29) is 44.2 Å². The second kappa shape index (κ2) is 8.17. The van der Waals surface area contributed by atoms with Crippen LogP contribution in [0.15, 0.2) is 0 Å². The minimum atomic E-state index is -0.850. The van der Waals surface area contributed by atoms with E-state index >= 15 is 0 Å². The quantitative estimate of drug-likeness (QED) is 0.413. The maximum absolute atomic E-state index is 8.40. The maximum Gasteiger partial charge on any atom is 1.00 e. The maximum atomic E-state index is 8.40. The van der Waals surface area contributed by atoms with E-state index in [1.54, 1.807) is 0 Å². The van der Waals surface area contributed by atoms with Gasteiger partial charge in [0.2, 0.25) is 0 Å². The number of aliphatic hydroxyl groups excluding tert-OH is 2. The summed E-state index contributed by atoms with van der Waals surface area (Å²) in [6.45, 7) is -0.342. The second-order valence-electron chi connectivity index (χ2n) is 1.11. The predicted octanol–water partition coefficient (Wildman–Crippen LogP) is -3.37. The number of hydrogen-bond acceptors (Lipinski definition) is 3. The Bertz CT molecular complexity index is 50.0. The topological polar surface area (TPSA) is 49.7 Å². The van der Waals surface area contributed by atoms with Gasteiger partial charge in [0.05, 0.1) is 25.1 Å². The molecule has 0 amide bonds. The molecule has 0 bridgehead atoms. The van der Waals surface area contributed by atoms with E-state index in [4.69, 9.17) is 22.1 Å². The van der Waals surface area contributed by atoms with Crippen molar-refractivity contribution < 1.29 is 45.5 Å². The van der Waals surface area contributed by atoms with Gasteiger partial charge in [0.25, 0.3) is 0 Å². The van der Waals surface area contributed by atoms with Gasteiger partial charge in [-0.05, 0) is 0 Å². The van der Waals surface area contributed by atoms with Crippen LogP contribution < -0.4 is 29.6 Å². The van der Waals surface area contributed by atoms with Gasteiger partial charge in [0.15, 0.2) is 0 Å². The first-order valence-electron chi connectivity index (χ1n) is 1.83. The van der Waals surface area contributed by atoms with Gasteiger partial charge < -0.3 is 11.6 Å². The molecule has 0 aromatic rings. The minimum absolute atomic E-state index is 0. The van der Waals surface area contributed by atoms with Gasteiger partial charge in [-0.1, -0.05) is 0 Å². The van der Waals surface area contributed by atoms with Crippen LogP contribution in [0.5, 0.6) is 0 Å². The summed E-state index contributed by atoms with van der Waals surface area (Å²) in [4.78, 5) is 0. The number of rotatable bonds is 3. The van der Waals surface area contributed by atoms with Gasteiger partial charge in [-0.3, -0.25) is 4.29 Å². The zero-order chi connectivity index (χ0) is 5.70. The molecule has 0 aliphatic carbocycles. The van der Waals surface area contributed by atoms with Crippen molar-refractivity contribution in [1.82, 2.24) is 0 Å². The van der Waals surface area contributed by atoms with Crippen LogP contribution in [0, 0.1) is 0 Å². The monoisotopic (exact) mass is 150 g/mol.